The van der Waals surface area contributed by atoms with Gasteiger partial charge in [-0.25, -0.2) is 0 Å². The third-order valence-corrected chi connectivity index (χ3v) is 5.43. The summed E-state index contributed by atoms with van der Waals surface area (Å²) in [5.74, 6) is 0. The van der Waals surface area contributed by atoms with E-state index >= 15 is 0 Å². The van der Waals surface area contributed by atoms with Crippen LogP contribution in [0.2, 0.25) is 0 Å². The zero-order valence-corrected chi connectivity index (χ0v) is 13.4. The van der Waals surface area contributed by atoms with Gasteiger partial charge < -0.3 is 10.5 Å². The Kier molecular flexibility index (Phi) is 4.91. The Balaban J connectivity index is 1.97. The number of nitrogens with two attached hydrogens (primary N) is 1. The fraction of sp³-hybridized carbons (Fsp3) is 0.529. The van der Waals surface area contributed by atoms with Crippen LogP contribution in [0.3, 0.4) is 0 Å². The van der Waals surface area contributed by atoms with Gasteiger partial charge in [-0.05, 0) is 41.8 Å². The first kappa shape index (κ1) is 15.0. The minimum Gasteiger partial charge on any atom is -0.383 e. The first-order valence-corrected chi connectivity index (χ1v) is 8.64. The number of ether oxygens (including phenoxy) is 1. The zero-order valence-electron chi connectivity index (χ0n) is 12.6. The van der Waals surface area contributed by atoms with Gasteiger partial charge in [0, 0.05) is 24.4 Å². The summed E-state index contributed by atoms with van der Waals surface area (Å²) in [6.07, 6.45) is 3.57. The van der Waals surface area contributed by atoms with Gasteiger partial charge in [0.1, 0.15) is 0 Å². The van der Waals surface area contributed by atoms with Gasteiger partial charge in [0.25, 0.3) is 0 Å². The van der Waals surface area contributed by atoms with E-state index in [0.29, 0.717) is 6.04 Å². The molecular formula is C17H24N2OS. The van der Waals surface area contributed by atoms with Crippen molar-refractivity contribution >= 4 is 21.4 Å². The number of fused-ring (bicyclic) bond motifs is 1. The molecule has 1 aromatic heterocycles. The van der Waals surface area contributed by atoms with Gasteiger partial charge in [-0.2, -0.15) is 0 Å². The Morgan fingerprint density at radius 2 is 2.19 bits per heavy atom. The van der Waals surface area contributed by atoms with Gasteiger partial charge in [0.05, 0.1) is 12.6 Å². The van der Waals surface area contributed by atoms with Gasteiger partial charge >= 0.3 is 0 Å². The second kappa shape index (κ2) is 6.88. The number of hydrogen-bond acceptors (Lipinski definition) is 4. The van der Waals surface area contributed by atoms with Crippen LogP contribution in [0, 0.1) is 0 Å². The molecule has 1 fully saturated rings. The maximum Gasteiger partial charge on any atom is 0.0589 e. The standard InChI is InChI=1S/C17H24N2OS/c1-20-11-10-19-9-5-4-7-15(18)17(19)14-12-21-16-8-3-2-6-13(14)16/h2-3,6,8,12,15,17H,4-5,7,9-11,18H2,1H3. The molecule has 0 aliphatic carbocycles. The normalized spacial score (nSPS) is 24.3. The van der Waals surface area contributed by atoms with E-state index in [1.54, 1.807) is 7.11 Å². The van der Waals surface area contributed by atoms with Crippen LogP contribution >= 0.6 is 11.3 Å². The van der Waals surface area contributed by atoms with E-state index in [4.69, 9.17) is 10.5 Å². The molecule has 1 saturated heterocycles. The molecule has 114 valence electrons. The highest BCUT2D eigenvalue weighted by atomic mass is 32.1. The highest BCUT2D eigenvalue weighted by Crippen LogP contribution is 2.36. The fourth-order valence-corrected chi connectivity index (χ4v) is 4.37. The van der Waals surface area contributed by atoms with Crippen LogP contribution in [-0.2, 0) is 4.74 Å². The number of thiophene rings is 1. The number of rotatable bonds is 4. The molecule has 2 N–H and O–H groups in total. The first-order chi connectivity index (χ1) is 10.3. The van der Waals surface area contributed by atoms with Crippen molar-refractivity contribution in [2.75, 3.05) is 26.8 Å². The highest BCUT2D eigenvalue weighted by molar-refractivity contribution is 7.17. The summed E-state index contributed by atoms with van der Waals surface area (Å²) in [4.78, 5) is 2.52. The van der Waals surface area contributed by atoms with Crippen molar-refractivity contribution in [2.45, 2.75) is 31.3 Å². The lowest BCUT2D eigenvalue weighted by Gasteiger charge is -2.33. The van der Waals surface area contributed by atoms with Gasteiger partial charge in [-0.1, -0.05) is 24.6 Å². The Morgan fingerprint density at radius 1 is 1.33 bits per heavy atom. The van der Waals surface area contributed by atoms with Gasteiger partial charge in [0.15, 0.2) is 0 Å². The maximum absolute atomic E-state index is 6.55. The highest BCUT2D eigenvalue weighted by Gasteiger charge is 2.30. The Hall–Kier alpha value is -0.940. The van der Waals surface area contributed by atoms with E-state index in [2.05, 4.69) is 34.5 Å². The average Bonchev–Trinajstić information content (AvgIpc) is 2.84. The van der Waals surface area contributed by atoms with Crippen molar-refractivity contribution in [3.63, 3.8) is 0 Å². The summed E-state index contributed by atoms with van der Waals surface area (Å²) in [7, 11) is 1.77. The lowest BCUT2D eigenvalue weighted by molar-refractivity contribution is 0.115. The summed E-state index contributed by atoms with van der Waals surface area (Å²) in [5.41, 5.74) is 7.95. The molecule has 2 unspecified atom stereocenters. The van der Waals surface area contributed by atoms with Crippen molar-refractivity contribution in [1.82, 2.24) is 4.90 Å². The van der Waals surface area contributed by atoms with Crippen molar-refractivity contribution in [2.24, 2.45) is 5.73 Å². The smallest absolute Gasteiger partial charge is 0.0589 e. The third kappa shape index (κ3) is 3.14. The molecule has 2 atom stereocenters. The molecule has 0 radical (unpaired) electrons. The van der Waals surface area contributed by atoms with Crippen molar-refractivity contribution in [3.8, 4) is 0 Å². The lowest BCUT2D eigenvalue weighted by atomic mass is 9.96. The minimum atomic E-state index is 0.211. The van der Waals surface area contributed by atoms with E-state index in [9.17, 15) is 0 Å². The first-order valence-electron chi connectivity index (χ1n) is 7.76. The van der Waals surface area contributed by atoms with Crippen LogP contribution < -0.4 is 5.73 Å². The maximum atomic E-state index is 6.55. The number of hydrogen-bond donors (Lipinski definition) is 1. The van der Waals surface area contributed by atoms with Crippen LogP contribution in [0.4, 0.5) is 0 Å². The molecule has 1 aliphatic heterocycles. The molecule has 0 bridgehead atoms. The largest absolute Gasteiger partial charge is 0.383 e. The summed E-state index contributed by atoms with van der Waals surface area (Å²) < 4.78 is 6.65. The molecule has 0 spiro atoms. The molecule has 2 aromatic rings. The van der Waals surface area contributed by atoms with Crippen LogP contribution in [0.25, 0.3) is 10.1 Å². The molecule has 3 rings (SSSR count). The Labute approximate surface area is 130 Å². The Morgan fingerprint density at radius 3 is 3.05 bits per heavy atom. The van der Waals surface area contributed by atoms with Gasteiger partial charge in [-0.3, -0.25) is 4.90 Å². The lowest BCUT2D eigenvalue weighted by Crippen LogP contribution is -2.41. The molecule has 1 aromatic carbocycles. The minimum absolute atomic E-state index is 0.211. The SMILES string of the molecule is COCCN1CCCCC(N)C1c1csc2ccccc12. The molecule has 0 amide bonds. The van der Waals surface area contributed by atoms with E-state index in [1.807, 2.05) is 11.3 Å². The molecule has 21 heavy (non-hydrogen) atoms. The van der Waals surface area contributed by atoms with Crippen LogP contribution in [0.5, 0.6) is 0 Å². The molecule has 2 heterocycles. The number of benzene rings is 1. The third-order valence-electron chi connectivity index (χ3n) is 4.44. The monoisotopic (exact) mass is 304 g/mol. The van der Waals surface area contributed by atoms with Crippen LogP contribution in [0.1, 0.15) is 30.9 Å². The Bertz CT molecular complexity index is 583. The van der Waals surface area contributed by atoms with E-state index in [-0.39, 0.29) is 6.04 Å². The van der Waals surface area contributed by atoms with E-state index in [0.717, 1.165) is 26.1 Å². The fourth-order valence-electron chi connectivity index (χ4n) is 3.38. The summed E-state index contributed by atoms with van der Waals surface area (Å²) in [6.45, 7) is 2.84. The average molecular weight is 304 g/mol. The molecule has 0 saturated carbocycles. The van der Waals surface area contributed by atoms with Crippen LogP contribution in [-0.4, -0.2) is 37.7 Å². The van der Waals surface area contributed by atoms with Crippen molar-refractivity contribution < 1.29 is 4.74 Å². The molecule has 3 nitrogen and oxygen atoms in total. The van der Waals surface area contributed by atoms with E-state index in [1.165, 1.54) is 28.5 Å². The second-order valence-corrected chi connectivity index (χ2v) is 6.73. The quantitative estimate of drug-likeness (QED) is 0.941. The topological polar surface area (TPSA) is 38.5 Å². The summed E-state index contributed by atoms with van der Waals surface area (Å²) in [5, 5.41) is 3.67. The predicted molar refractivity (Wildman–Crippen MR) is 89.8 cm³/mol. The van der Waals surface area contributed by atoms with Gasteiger partial charge in [0.2, 0.25) is 0 Å². The summed E-state index contributed by atoms with van der Waals surface area (Å²) in [6, 6.07) is 9.19. The number of likely N-dealkylation sites (tertiary alicyclic amines) is 1. The number of nitrogens with zero attached hydrogens (tertiary/aromatic N) is 1. The van der Waals surface area contributed by atoms with Crippen LogP contribution in [0.15, 0.2) is 29.6 Å². The van der Waals surface area contributed by atoms with Crippen molar-refractivity contribution in [1.29, 1.82) is 0 Å². The molecule has 1 aliphatic rings. The predicted octanol–water partition coefficient (Wildman–Crippen LogP) is 3.40. The number of methoxy groups -OCH3 is 1. The summed E-state index contributed by atoms with van der Waals surface area (Å²) >= 11 is 1.83. The second-order valence-electron chi connectivity index (χ2n) is 5.82. The molecule has 4 heteroatoms. The van der Waals surface area contributed by atoms with Crippen molar-refractivity contribution in [3.05, 3.63) is 35.2 Å². The van der Waals surface area contributed by atoms with E-state index < -0.39 is 0 Å². The van der Waals surface area contributed by atoms with Gasteiger partial charge in [-0.15, -0.1) is 11.3 Å². The molecular weight excluding hydrogens is 280 g/mol. The zero-order chi connectivity index (χ0) is 14.7.